The lowest BCUT2D eigenvalue weighted by Gasteiger charge is -2.12. The zero-order chi connectivity index (χ0) is 11.3. The number of ether oxygens (including phenoxy) is 1. The first-order valence-electron chi connectivity index (χ1n) is 5.03. The molecule has 0 spiro atoms. The quantitative estimate of drug-likeness (QED) is 0.803. The van der Waals surface area contributed by atoms with Crippen LogP contribution in [0.2, 0.25) is 0 Å². The van der Waals surface area contributed by atoms with Gasteiger partial charge in [-0.3, -0.25) is 0 Å². The van der Waals surface area contributed by atoms with Crippen molar-refractivity contribution in [1.82, 2.24) is 9.88 Å². The van der Waals surface area contributed by atoms with E-state index in [1.165, 1.54) is 11.3 Å². The molecule has 86 valence electrons. The standard InChI is InChI=1S/C10H19N3OS/c1-13(2)6-4-5-8(11)9-7-15-10(12-9)14-3/h7-8H,4-6,11H2,1-3H3. The molecule has 1 atom stereocenters. The number of thiazole rings is 1. The lowest BCUT2D eigenvalue weighted by Crippen LogP contribution is -2.16. The van der Waals surface area contributed by atoms with Crippen LogP contribution in [0.5, 0.6) is 5.19 Å². The Kier molecular flexibility index (Phi) is 5.01. The molecule has 1 heterocycles. The highest BCUT2D eigenvalue weighted by molar-refractivity contribution is 7.11. The van der Waals surface area contributed by atoms with Crippen molar-refractivity contribution >= 4 is 11.3 Å². The zero-order valence-corrected chi connectivity index (χ0v) is 10.4. The molecule has 0 saturated heterocycles. The van der Waals surface area contributed by atoms with E-state index < -0.39 is 0 Å². The van der Waals surface area contributed by atoms with Gasteiger partial charge in [0.25, 0.3) is 5.19 Å². The normalized spacial score (nSPS) is 13.1. The molecule has 2 N–H and O–H groups in total. The molecular weight excluding hydrogens is 210 g/mol. The summed E-state index contributed by atoms with van der Waals surface area (Å²) >= 11 is 1.49. The molecule has 4 nitrogen and oxygen atoms in total. The Morgan fingerprint density at radius 2 is 2.33 bits per heavy atom. The predicted octanol–water partition coefficient (Wildman–Crippen LogP) is 1.49. The number of rotatable bonds is 6. The fourth-order valence-electron chi connectivity index (χ4n) is 1.31. The molecule has 0 radical (unpaired) electrons. The Balaban J connectivity index is 2.36. The van der Waals surface area contributed by atoms with Crippen LogP contribution in [0.3, 0.4) is 0 Å². The van der Waals surface area contributed by atoms with Crippen molar-refractivity contribution in [1.29, 1.82) is 0 Å². The van der Waals surface area contributed by atoms with Crippen molar-refractivity contribution in [2.75, 3.05) is 27.7 Å². The number of aromatic nitrogens is 1. The smallest absolute Gasteiger partial charge is 0.273 e. The van der Waals surface area contributed by atoms with Gasteiger partial charge in [0.15, 0.2) is 0 Å². The van der Waals surface area contributed by atoms with Crippen LogP contribution in [0.4, 0.5) is 0 Å². The molecule has 0 aliphatic heterocycles. The van der Waals surface area contributed by atoms with E-state index in [1.54, 1.807) is 7.11 Å². The topological polar surface area (TPSA) is 51.4 Å². The molecule has 0 fully saturated rings. The van der Waals surface area contributed by atoms with E-state index in [0.29, 0.717) is 5.19 Å². The van der Waals surface area contributed by atoms with Crippen LogP contribution in [0.1, 0.15) is 24.6 Å². The van der Waals surface area contributed by atoms with Crippen LogP contribution in [-0.4, -0.2) is 37.6 Å². The SMILES string of the molecule is COc1nc(C(N)CCCN(C)C)cs1. The van der Waals surface area contributed by atoms with Gasteiger partial charge in [-0.25, -0.2) is 4.98 Å². The third-order valence-corrected chi connectivity index (χ3v) is 2.99. The fourth-order valence-corrected chi connectivity index (χ4v) is 2.01. The van der Waals surface area contributed by atoms with E-state index in [2.05, 4.69) is 24.0 Å². The molecule has 0 aromatic carbocycles. The maximum absolute atomic E-state index is 6.02. The third kappa shape index (κ3) is 4.15. The van der Waals surface area contributed by atoms with Crippen molar-refractivity contribution < 1.29 is 4.74 Å². The van der Waals surface area contributed by atoms with E-state index in [4.69, 9.17) is 10.5 Å². The van der Waals surface area contributed by atoms with E-state index >= 15 is 0 Å². The zero-order valence-electron chi connectivity index (χ0n) is 9.56. The van der Waals surface area contributed by atoms with Gasteiger partial charge in [0, 0.05) is 11.4 Å². The second-order valence-electron chi connectivity index (χ2n) is 3.79. The van der Waals surface area contributed by atoms with Gasteiger partial charge in [-0.05, 0) is 33.5 Å². The second-order valence-corrected chi connectivity index (χ2v) is 4.62. The molecular formula is C10H19N3OS. The van der Waals surface area contributed by atoms with Gasteiger partial charge in [-0.15, -0.1) is 0 Å². The van der Waals surface area contributed by atoms with E-state index in [0.717, 1.165) is 25.1 Å². The van der Waals surface area contributed by atoms with E-state index in [1.807, 2.05) is 5.38 Å². The first-order valence-corrected chi connectivity index (χ1v) is 5.91. The summed E-state index contributed by atoms with van der Waals surface area (Å²) in [5.74, 6) is 0. The number of hydrogen-bond donors (Lipinski definition) is 1. The highest BCUT2D eigenvalue weighted by Gasteiger charge is 2.10. The Bertz CT molecular complexity index is 288. The summed E-state index contributed by atoms with van der Waals surface area (Å²) in [5.41, 5.74) is 6.96. The summed E-state index contributed by atoms with van der Waals surface area (Å²) in [6, 6.07) is 0.0325. The molecule has 1 rings (SSSR count). The van der Waals surface area contributed by atoms with Crippen molar-refractivity contribution in [3.05, 3.63) is 11.1 Å². The maximum atomic E-state index is 6.02. The highest BCUT2D eigenvalue weighted by atomic mass is 32.1. The molecule has 0 amide bonds. The number of methoxy groups -OCH3 is 1. The van der Waals surface area contributed by atoms with Crippen molar-refractivity contribution in [3.63, 3.8) is 0 Å². The summed E-state index contributed by atoms with van der Waals surface area (Å²) in [4.78, 5) is 6.45. The summed E-state index contributed by atoms with van der Waals surface area (Å²) in [5, 5.41) is 2.66. The van der Waals surface area contributed by atoms with Crippen molar-refractivity contribution in [2.24, 2.45) is 5.73 Å². The van der Waals surface area contributed by atoms with Gasteiger partial charge < -0.3 is 15.4 Å². The minimum atomic E-state index is 0.0325. The highest BCUT2D eigenvalue weighted by Crippen LogP contribution is 2.23. The Labute approximate surface area is 95.1 Å². The van der Waals surface area contributed by atoms with Crippen LogP contribution < -0.4 is 10.5 Å². The average Bonchev–Trinajstić information content (AvgIpc) is 2.65. The van der Waals surface area contributed by atoms with Crippen molar-refractivity contribution in [3.8, 4) is 5.19 Å². The van der Waals surface area contributed by atoms with Crippen LogP contribution in [0, 0.1) is 0 Å². The first-order chi connectivity index (χ1) is 7.13. The minimum Gasteiger partial charge on any atom is -0.473 e. The van der Waals surface area contributed by atoms with Crippen LogP contribution in [0.15, 0.2) is 5.38 Å². The van der Waals surface area contributed by atoms with Gasteiger partial charge in [-0.1, -0.05) is 11.3 Å². The van der Waals surface area contributed by atoms with Gasteiger partial charge in [-0.2, -0.15) is 0 Å². The summed E-state index contributed by atoms with van der Waals surface area (Å²) in [6.07, 6.45) is 2.05. The Hall–Kier alpha value is -0.650. The molecule has 0 aliphatic rings. The van der Waals surface area contributed by atoms with Crippen LogP contribution >= 0.6 is 11.3 Å². The van der Waals surface area contributed by atoms with Crippen molar-refractivity contribution in [2.45, 2.75) is 18.9 Å². The lowest BCUT2D eigenvalue weighted by molar-refractivity contribution is 0.383. The Morgan fingerprint density at radius 1 is 1.60 bits per heavy atom. The third-order valence-electron chi connectivity index (χ3n) is 2.18. The molecule has 0 aliphatic carbocycles. The van der Waals surface area contributed by atoms with Gasteiger partial charge in [0.1, 0.15) is 0 Å². The molecule has 15 heavy (non-hydrogen) atoms. The van der Waals surface area contributed by atoms with Gasteiger partial charge in [0.2, 0.25) is 0 Å². The molecule has 1 aromatic heterocycles. The predicted molar refractivity (Wildman–Crippen MR) is 63.4 cm³/mol. The largest absolute Gasteiger partial charge is 0.473 e. The summed E-state index contributed by atoms with van der Waals surface area (Å²) < 4.78 is 5.03. The second kappa shape index (κ2) is 6.05. The molecule has 0 bridgehead atoms. The number of hydrogen-bond acceptors (Lipinski definition) is 5. The minimum absolute atomic E-state index is 0.0325. The molecule has 0 saturated carbocycles. The van der Waals surface area contributed by atoms with Gasteiger partial charge in [0.05, 0.1) is 12.8 Å². The Morgan fingerprint density at radius 3 is 2.87 bits per heavy atom. The van der Waals surface area contributed by atoms with Crippen LogP contribution in [-0.2, 0) is 0 Å². The molecule has 5 heteroatoms. The molecule has 1 unspecified atom stereocenters. The van der Waals surface area contributed by atoms with E-state index in [-0.39, 0.29) is 6.04 Å². The molecule has 1 aromatic rings. The number of nitrogens with two attached hydrogens (primary N) is 1. The van der Waals surface area contributed by atoms with E-state index in [9.17, 15) is 0 Å². The average molecular weight is 229 g/mol. The summed E-state index contributed by atoms with van der Waals surface area (Å²) in [6.45, 7) is 1.06. The monoisotopic (exact) mass is 229 g/mol. The fraction of sp³-hybridized carbons (Fsp3) is 0.700. The van der Waals surface area contributed by atoms with Gasteiger partial charge >= 0.3 is 0 Å². The summed E-state index contributed by atoms with van der Waals surface area (Å²) in [7, 11) is 5.76. The maximum Gasteiger partial charge on any atom is 0.273 e. The van der Waals surface area contributed by atoms with Crippen LogP contribution in [0.25, 0.3) is 0 Å². The number of nitrogens with zero attached hydrogens (tertiary/aromatic N) is 2. The first kappa shape index (κ1) is 12.4. The lowest BCUT2D eigenvalue weighted by atomic mass is 10.1.